The highest BCUT2D eigenvalue weighted by Crippen LogP contribution is 2.29. The Morgan fingerprint density at radius 2 is 2.05 bits per heavy atom. The van der Waals surface area contributed by atoms with Crippen molar-refractivity contribution in [2.24, 2.45) is 11.8 Å². The second kappa shape index (κ2) is 6.80. The van der Waals surface area contributed by atoms with Gasteiger partial charge in [0.25, 0.3) is 0 Å². The lowest BCUT2D eigenvalue weighted by Crippen LogP contribution is -2.43. The summed E-state index contributed by atoms with van der Waals surface area (Å²) >= 11 is 0. The quantitative estimate of drug-likeness (QED) is 0.927. The second-order valence-corrected chi connectivity index (χ2v) is 7.70. The maximum atomic E-state index is 12.1. The molecule has 1 aliphatic rings. The predicted molar refractivity (Wildman–Crippen MR) is 85.4 cm³/mol. The van der Waals surface area contributed by atoms with Crippen molar-refractivity contribution in [1.82, 2.24) is 15.5 Å². The Morgan fingerprint density at radius 1 is 1.32 bits per heavy atom. The zero-order valence-corrected chi connectivity index (χ0v) is 14.5. The lowest BCUT2D eigenvalue weighted by molar-refractivity contribution is -0.122. The number of nitrogens with one attached hydrogen (secondary N) is 1. The first-order chi connectivity index (χ1) is 10.3. The lowest BCUT2D eigenvalue weighted by atomic mass is 9.78. The minimum absolute atomic E-state index is 0.0847. The number of rotatable bonds is 4. The molecule has 0 aromatic carbocycles. The van der Waals surface area contributed by atoms with Crippen LogP contribution in [0.5, 0.6) is 0 Å². The number of amides is 1. The molecular weight excluding hydrogens is 278 g/mol. The van der Waals surface area contributed by atoms with E-state index in [1.165, 1.54) is 12.8 Å². The van der Waals surface area contributed by atoms with E-state index in [0.717, 1.165) is 6.42 Å². The van der Waals surface area contributed by atoms with E-state index in [-0.39, 0.29) is 11.3 Å². The lowest BCUT2D eigenvalue weighted by Gasteiger charge is -2.34. The number of aromatic nitrogens is 2. The largest absolute Gasteiger partial charge is 0.353 e. The van der Waals surface area contributed by atoms with E-state index in [2.05, 4.69) is 29.3 Å². The number of nitrogens with zero attached hydrogens (tertiary/aromatic N) is 2. The minimum atomic E-state index is -0.127. The maximum absolute atomic E-state index is 12.1. The summed E-state index contributed by atoms with van der Waals surface area (Å²) in [6.07, 6.45) is 4.47. The summed E-state index contributed by atoms with van der Waals surface area (Å²) in [5, 5.41) is 7.16. The van der Waals surface area contributed by atoms with Gasteiger partial charge in [0.05, 0.1) is 0 Å². The van der Waals surface area contributed by atoms with Crippen LogP contribution < -0.4 is 5.32 Å². The third-order valence-corrected chi connectivity index (χ3v) is 4.76. The van der Waals surface area contributed by atoms with E-state index in [9.17, 15) is 4.79 Å². The molecule has 0 bridgehead atoms. The van der Waals surface area contributed by atoms with Crippen LogP contribution in [0.3, 0.4) is 0 Å². The first kappa shape index (κ1) is 17.0. The van der Waals surface area contributed by atoms with Crippen LogP contribution in [0, 0.1) is 11.8 Å². The summed E-state index contributed by atoms with van der Waals surface area (Å²) in [7, 11) is 0. The van der Waals surface area contributed by atoms with E-state index in [1.807, 2.05) is 20.8 Å². The van der Waals surface area contributed by atoms with Crippen LogP contribution in [0.4, 0.5) is 0 Å². The highest BCUT2D eigenvalue weighted by Gasteiger charge is 2.28. The molecule has 0 saturated heterocycles. The fourth-order valence-corrected chi connectivity index (χ4v) is 2.95. The van der Waals surface area contributed by atoms with Gasteiger partial charge in [0.15, 0.2) is 5.82 Å². The normalized spacial score (nSPS) is 26.0. The minimum Gasteiger partial charge on any atom is -0.353 e. The topological polar surface area (TPSA) is 68.0 Å². The van der Waals surface area contributed by atoms with Crippen molar-refractivity contribution in [2.45, 2.75) is 78.2 Å². The molecule has 3 unspecified atom stereocenters. The van der Waals surface area contributed by atoms with Crippen LogP contribution in [-0.2, 0) is 16.6 Å². The number of carbonyl (C=O) groups is 1. The van der Waals surface area contributed by atoms with E-state index < -0.39 is 0 Å². The van der Waals surface area contributed by atoms with Crippen molar-refractivity contribution in [3.8, 4) is 0 Å². The van der Waals surface area contributed by atoms with Crippen molar-refractivity contribution in [2.75, 3.05) is 0 Å². The van der Waals surface area contributed by atoms with Crippen molar-refractivity contribution < 1.29 is 9.32 Å². The number of carbonyl (C=O) groups excluding carboxylic acids is 1. The molecule has 5 heteroatoms. The number of hydrogen-bond acceptors (Lipinski definition) is 4. The van der Waals surface area contributed by atoms with Crippen LogP contribution in [0.1, 0.15) is 72.0 Å². The summed E-state index contributed by atoms with van der Waals surface area (Å²) in [6.45, 7) is 10.6. The molecule has 0 spiro atoms. The van der Waals surface area contributed by atoms with Crippen molar-refractivity contribution >= 4 is 5.91 Å². The molecule has 1 amide bonds. The van der Waals surface area contributed by atoms with Crippen molar-refractivity contribution in [3.63, 3.8) is 0 Å². The molecule has 0 aliphatic heterocycles. The number of hydrogen-bond donors (Lipinski definition) is 1. The van der Waals surface area contributed by atoms with Crippen molar-refractivity contribution in [1.29, 1.82) is 0 Å². The Balaban J connectivity index is 1.81. The van der Waals surface area contributed by atoms with E-state index in [1.54, 1.807) is 0 Å². The molecule has 3 atom stereocenters. The molecular formula is C17H29N3O2. The first-order valence-electron chi connectivity index (χ1n) is 8.40. The zero-order chi connectivity index (χ0) is 16.3. The molecule has 1 aliphatic carbocycles. The molecule has 22 heavy (non-hydrogen) atoms. The molecule has 1 aromatic heterocycles. The van der Waals surface area contributed by atoms with Gasteiger partial charge in [0.2, 0.25) is 11.8 Å². The Bertz CT molecular complexity index is 504. The molecule has 2 rings (SSSR count). The summed E-state index contributed by atoms with van der Waals surface area (Å²) in [4.78, 5) is 16.5. The van der Waals surface area contributed by atoms with E-state index >= 15 is 0 Å². The molecule has 5 nitrogen and oxygen atoms in total. The van der Waals surface area contributed by atoms with Gasteiger partial charge in [-0.25, -0.2) is 0 Å². The van der Waals surface area contributed by atoms with Gasteiger partial charge in [-0.1, -0.05) is 52.6 Å². The van der Waals surface area contributed by atoms with Gasteiger partial charge in [0.1, 0.15) is 0 Å². The fourth-order valence-electron chi connectivity index (χ4n) is 2.95. The summed E-state index contributed by atoms with van der Waals surface area (Å²) in [5.41, 5.74) is -0.127. The Labute approximate surface area is 133 Å². The average molecular weight is 307 g/mol. The van der Waals surface area contributed by atoms with E-state index in [0.29, 0.717) is 42.4 Å². The van der Waals surface area contributed by atoms with Gasteiger partial charge >= 0.3 is 0 Å². The molecule has 1 aromatic rings. The average Bonchev–Trinajstić information content (AvgIpc) is 2.91. The Morgan fingerprint density at radius 3 is 2.68 bits per heavy atom. The van der Waals surface area contributed by atoms with Gasteiger partial charge in [-0.3, -0.25) is 4.79 Å². The molecule has 1 N–H and O–H groups in total. The Hall–Kier alpha value is -1.39. The molecule has 1 heterocycles. The third-order valence-electron chi connectivity index (χ3n) is 4.76. The monoisotopic (exact) mass is 307 g/mol. The Kier molecular flexibility index (Phi) is 5.24. The van der Waals surface area contributed by atoms with Gasteiger partial charge in [-0.2, -0.15) is 4.98 Å². The summed E-state index contributed by atoms with van der Waals surface area (Å²) in [5.74, 6) is 2.56. The number of aryl methyl sites for hydroxylation is 1. The highest BCUT2D eigenvalue weighted by molar-refractivity contribution is 5.76. The van der Waals surface area contributed by atoms with Crippen LogP contribution in [0.2, 0.25) is 0 Å². The van der Waals surface area contributed by atoms with Crippen LogP contribution in [-0.4, -0.2) is 22.1 Å². The van der Waals surface area contributed by atoms with Gasteiger partial charge in [0, 0.05) is 24.3 Å². The molecule has 1 saturated carbocycles. The maximum Gasteiger partial charge on any atom is 0.227 e. The fraction of sp³-hybridized carbons (Fsp3) is 0.824. The standard InChI is InChI=1S/C17H29N3O2/c1-11-7-6-8-13(12(11)2)18-14(21)9-10-15-19-16(20-22-15)17(3,4)5/h11-13H,6-10H2,1-5H3,(H,18,21). The van der Waals surface area contributed by atoms with E-state index in [4.69, 9.17) is 4.52 Å². The van der Waals surface area contributed by atoms with Gasteiger partial charge < -0.3 is 9.84 Å². The van der Waals surface area contributed by atoms with Gasteiger partial charge in [-0.15, -0.1) is 0 Å². The van der Waals surface area contributed by atoms with Crippen LogP contribution >= 0.6 is 0 Å². The molecule has 1 fully saturated rings. The summed E-state index contributed by atoms with van der Waals surface area (Å²) in [6, 6.07) is 0.309. The first-order valence-corrected chi connectivity index (χ1v) is 8.40. The molecule has 0 radical (unpaired) electrons. The highest BCUT2D eigenvalue weighted by atomic mass is 16.5. The van der Waals surface area contributed by atoms with Gasteiger partial charge in [-0.05, 0) is 18.3 Å². The van der Waals surface area contributed by atoms with Crippen LogP contribution in [0.25, 0.3) is 0 Å². The second-order valence-electron chi connectivity index (χ2n) is 7.70. The zero-order valence-electron chi connectivity index (χ0n) is 14.5. The predicted octanol–water partition coefficient (Wildman–Crippen LogP) is 3.24. The third kappa shape index (κ3) is 4.31. The summed E-state index contributed by atoms with van der Waals surface area (Å²) < 4.78 is 5.23. The van der Waals surface area contributed by atoms with Crippen LogP contribution in [0.15, 0.2) is 4.52 Å². The van der Waals surface area contributed by atoms with Crippen molar-refractivity contribution in [3.05, 3.63) is 11.7 Å². The smallest absolute Gasteiger partial charge is 0.227 e. The molecule has 124 valence electrons. The SMILES string of the molecule is CC1CCCC(NC(=O)CCc2nc(C(C)(C)C)no2)C1C.